The van der Waals surface area contributed by atoms with Crippen molar-refractivity contribution in [2.75, 3.05) is 26.0 Å². The third-order valence-corrected chi connectivity index (χ3v) is 3.46. The van der Waals surface area contributed by atoms with Gasteiger partial charge in [-0.25, -0.2) is 4.98 Å². The normalized spacial score (nSPS) is 12.7. The van der Waals surface area contributed by atoms with Crippen LogP contribution in [0, 0.1) is 0 Å². The van der Waals surface area contributed by atoms with Crippen molar-refractivity contribution in [3.05, 3.63) is 66.6 Å². The second kappa shape index (κ2) is 9.02. The molecule has 0 aliphatic heterocycles. The van der Waals surface area contributed by atoms with Crippen molar-refractivity contribution in [2.45, 2.75) is 6.18 Å². The molecule has 27 heavy (non-hydrogen) atoms. The third-order valence-electron chi connectivity index (χ3n) is 3.46. The molecule has 0 amide bonds. The van der Waals surface area contributed by atoms with E-state index < -0.39 is 6.18 Å². The Morgan fingerprint density at radius 1 is 1.11 bits per heavy atom. The average molecular weight is 375 g/mol. The Morgan fingerprint density at radius 3 is 2.48 bits per heavy atom. The number of para-hydroxylation sites is 1. The molecule has 2 rings (SSSR count). The summed E-state index contributed by atoms with van der Waals surface area (Å²) in [4.78, 5) is 10.0. The van der Waals surface area contributed by atoms with Gasteiger partial charge in [0.1, 0.15) is 5.76 Å². The zero-order chi connectivity index (χ0) is 19.9. The maximum absolute atomic E-state index is 12.3. The van der Waals surface area contributed by atoms with Crippen LogP contribution in [0.1, 0.15) is 0 Å². The standard InChI is InChI=1S/C20H20F3N3O/c1-24-14-15(8-6-12-20(21,22)23)27-19-17(10-7-13-25-19)16-9-4-5-11-18(16)26(2)3/h4-14H,1-3H3/b12-6+,15-8+,24-14?. The van der Waals surface area contributed by atoms with Gasteiger partial charge in [-0.1, -0.05) is 24.3 Å². The number of benzene rings is 1. The molecule has 0 saturated heterocycles. The number of pyridine rings is 1. The molecule has 1 aromatic carbocycles. The van der Waals surface area contributed by atoms with Gasteiger partial charge in [-0.2, -0.15) is 13.2 Å². The number of anilines is 1. The summed E-state index contributed by atoms with van der Waals surface area (Å²) in [6.07, 6.45) is 0.677. The molecular formula is C20H20F3N3O. The molecule has 0 fully saturated rings. The lowest BCUT2D eigenvalue weighted by Crippen LogP contribution is -2.10. The van der Waals surface area contributed by atoms with E-state index in [9.17, 15) is 13.2 Å². The third kappa shape index (κ3) is 5.99. The van der Waals surface area contributed by atoms with Crippen molar-refractivity contribution in [2.24, 2.45) is 4.99 Å². The number of allylic oxidation sites excluding steroid dienone is 4. The maximum atomic E-state index is 12.3. The van der Waals surface area contributed by atoms with Gasteiger partial charge in [0.25, 0.3) is 0 Å². The van der Waals surface area contributed by atoms with Crippen LogP contribution in [0.2, 0.25) is 0 Å². The summed E-state index contributed by atoms with van der Waals surface area (Å²) < 4.78 is 42.7. The van der Waals surface area contributed by atoms with Gasteiger partial charge >= 0.3 is 6.18 Å². The number of aliphatic imine (C=N–C) groups is 1. The molecule has 0 saturated carbocycles. The van der Waals surface area contributed by atoms with E-state index in [0.29, 0.717) is 0 Å². The lowest BCUT2D eigenvalue weighted by atomic mass is 10.0. The lowest BCUT2D eigenvalue weighted by molar-refractivity contribution is -0.0798. The van der Waals surface area contributed by atoms with Crippen molar-refractivity contribution in [3.8, 4) is 17.0 Å². The molecular weight excluding hydrogens is 355 g/mol. The van der Waals surface area contributed by atoms with Gasteiger partial charge in [0.05, 0.1) is 6.21 Å². The van der Waals surface area contributed by atoms with E-state index in [1.807, 2.05) is 49.3 Å². The molecule has 0 N–H and O–H groups in total. The van der Waals surface area contributed by atoms with E-state index in [1.165, 1.54) is 19.3 Å². The molecule has 4 nitrogen and oxygen atoms in total. The quantitative estimate of drug-likeness (QED) is 0.410. The molecule has 0 unspecified atom stereocenters. The summed E-state index contributed by atoms with van der Waals surface area (Å²) >= 11 is 0. The number of alkyl halides is 3. The van der Waals surface area contributed by atoms with Crippen LogP contribution in [-0.2, 0) is 0 Å². The van der Waals surface area contributed by atoms with Crippen LogP contribution in [-0.4, -0.2) is 38.5 Å². The van der Waals surface area contributed by atoms with Gasteiger partial charge in [0, 0.05) is 50.2 Å². The molecule has 0 bridgehead atoms. The molecule has 1 aromatic heterocycles. The number of hydrogen-bond donors (Lipinski definition) is 0. The van der Waals surface area contributed by atoms with E-state index in [0.717, 1.165) is 22.9 Å². The van der Waals surface area contributed by atoms with E-state index in [2.05, 4.69) is 9.98 Å². The van der Waals surface area contributed by atoms with Gasteiger partial charge in [-0.3, -0.25) is 4.99 Å². The van der Waals surface area contributed by atoms with Crippen LogP contribution in [0.5, 0.6) is 5.88 Å². The maximum Gasteiger partial charge on any atom is 0.409 e. The van der Waals surface area contributed by atoms with Gasteiger partial charge < -0.3 is 9.64 Å². The zero-order valence-corrected chi connectivity index (χ0v) is 15.2. The highest BCUT2D eigenvalue weighted by molar-refractivity contribution is 5.82. The molecule has 7 heteroatoms. The summed E-state index contributed by atoms with van der Waals surface area (Å²) in [6.45, 7) is 0. The zero-order valence-electron chi connectivity index (χ0n) is 15.2. The summed E-state index contributed by atoms with van der Waals surface area (Å²) in [7, 11) is 5.35. The Morgan fingerprint density at radius 2 is 1.81 bits per heavy atom. The topological polar surface area (TPSA) is 37.7 Å². The summed E-state index contributed by atoms with van der Waals surface area (Å²) in [5.74, 6) is 0.415. The first-order valence-corrected chi connectivity index (χ1v) is 8.10. The number of aromatic nitrogens is 1. The van der Waals surface area contributed by atoms with Gasteiger partial charge in [-0.05, 0) is 24.3 Å². The van der Waals surface area contributed by atoms with Gasteiger partial charge in [0.2, 0.25) is 5.88 Å². The lowest BCUT2D eigenvalue weighted by Gasteiger charge is -2.18. The number of nitrogens with zero attached hydrogens (tertiary/aromatic N) is 3. The van der Waals surface area contributed by atoms with E-state index in [-0.39, 0.29) is 17.7 Å². The fraction of sp³-hybridized carbons (Fsp3) is 0.200. The smallest absolute Gasteiger partial charge is 0.409 e. The van der Waals surface area contributed by atoms with Gasteiger partial charge in [-0.15, -0.1) is 0 Å². The summed E-state index contributed by atoms with van der Waals surface area (Å²) in [5.41, 5.74) is 2.57. The van der Waals surface area contributed by atoms with E-state index in [4.69, 9.17) is 4.74 Å². The Labute approximate surface area is 156 Å². The largest absolute Gasteiger partial charge is 0.437 e. The summed E-state index contributed by atoms with van der Waals surface area (Å²) in [6, 6.07) is 11.3. The molecule has 0 aliphatic rings. The molecule has 0 spiro atoms. The highest BCUT2D eigenvalue weighted by Gasteiger charge is 2.21. The average Bonchev–Trinajstić information content (AvgIpc) is 2.61. The van der Waals surface area contributed by atoms with Crippen LogP contribution in [0.4, 0.5) is 18.9 Å². The van der Waals surface area contributed by atoms with Crippen LogP contribution >= 0.6 is 0 Å². The number of ether oxygens (including phenoxy) is 1. The molecule has 0 radical (unpaired) electrons. The van der Waals surface area contributed by atoms with E-state index >= 15 is 0 Å². The highest BCUT2D eigenvalue weighted by atomic mass is 19.4. The van der Waals surface area contributed by atoms with Crippen molar-refractivity contribution in [1.29, 1.82) is 0 Å². The molecule has 0 atom stereocenters. The first-order valence-electron chi connectivity index (χ1n) is 8.10. The Bertz CT molecular complexity index is 856. The number of rotatable bonds is 6. The fourth-order valence-corrected chi connectivity index (χ4v) is 2.36. The first-order chi connectivity index (χ1) is 12.8. The van der Waals surface area contributed by atoms with Crippen molar-refractivity contribution >= 4 is 11.9 Å². The molecule has 2 aromatic rings. The van der Waals surface area contributed by atoms with Crippen molar-refractivity contribution in [3.63, 3.8) is 0 Å². The molecule has 0 aliphatic carbocycles. The predicted molar refractivity (Wildman–Crippen MR) is 102 cm³/mol. The first kappa shape index (κ1) is 20.2. The van der Waals surface area contributed by atoms with Crippen LogP contribution in [0.15, 0.2) is 71.6 Å². The number of hydrogen-bond acceptors (Lipinski definition) is 4. The Kier molecular flexibility index (Phi) is 6.76. The van der Waals surface area contributed by atoms with Gasteiger partial charge in [0.15, 0.2) is 0 Å². The van der Waals surface area contributed by atoms with E-state index in [1.54, 1.807) is 12.3 Å². The number of halogens is 3. The second-order valence-corrected chi connectivity index (χ2v) is 5.73. The highest BCUT2D eigenvalue weighted by Crippen LogP contribution is 2.35. The summed E-state index contributed by atoms with van der Waals surface area (Å²) in [5, 5.41) is 0. The van der Waals surface area contributed by atoms with Crippen molar-refractivity contribution < 1.29 is 17.9 Å². The van der Waals surface area contributed by atoms with Crippen LogP contribution < -0.4 is 9.64 Å². The second-order valence-electron chi connectivity index (χ2n) is 5.73. The Hall–Kier alpha value is -3.09. The van der Waals surface area contributed by atoms with Crippen LogP contribution in [0.25, 0.3) is 11.1 Å². The SMILES string of the molecule is CN=C/C(=C\C=C\C(F)(F)F)Oc1ncccc1-c1ccccc1N(C)C. The molecule has 1 heterocycles. The minimum Gasteiger partial charge on any atom is -0.437 e. The minimum atomic E-state index is -4.40. The predicted octanol–water partition coefficient (Wildman–Crippen LogP) is 4.90. The Balaban J connectivity index is 2.43. The monoisotopic (exact) mass is 375 g/mol. The molecule has 142 valence electrons. The minimum absolute atomic E-state index is 0.126. The van der Waals surface area contributed by atoms with Crippen molar-refractivity contribution in [1.82, 2.24) is 4.98 Å². The fourth-order valence-electron chi connectivity index (χ4n) is 2.36. The van der Waals surface area contributed by atoms with Crippen LogP contribution in [0.3, 0.4) is 0 Å².